The highest BCUT2D eigenvalue weighted by Gasteiger charge is 2.29. The smallest absolute Gasteiger partial charge is 0.360 e. The molecule has 2 aromatic heterocycles. The molecule has 4 aromatic rings. The van der Waals surface area contributed by atoms with Crippen LogP contribution in [-0.4, -0.2) is 27.8 Å². The Hall–Kier alpha value is -3.24. The average Bonchev–Trinajstić information content (AvgIpc) is 3.21. The summed E-state index contributed by atoms with van der Waals surface area (Å²) < 4.78 is 38.0. The molecule has 0 bridgehead atoms. The topological polar surface area (TPSA) is 96.7 Å². The number of nitrogens with two attached hydrogens (primary N) is 1. The molecule has 0 aliphatic rings. The molecule has 10 heteroatoms. The molecular formula is C21H18F3N5OS. The molecule has 0 aliphatic heterocycles. The number of fused-ring (bicyclic) bond motifs is 1. The first kappa shape index (κ1) is 21.0. The summed E-state index contributed by atoms with van der Waals surface area (Å²) in [5.41, 5.74) is 6.87. The van der Waals surface area contributed by atoms with Gasteiger partial charge in [-0.15, -0.1) is 0 Å². The van der Waals surface area contributed by atoms with Gasteiger partial charge in [0, 0.05) is 24.2 Å². The van der Waals surface area contributed by atoms with Gasteiger partial charge < -0.3 is 11.1 Å². The van der Waals surface area contributed by atoms with Crippen LogP contribution in [0.2, 0.25) is 0 Å². The fourth-order valence-electron chi connectivity index (χ4n) is 3.16. The van der Waals surface area contributed by atoms with Crippen molar-refractivity contribution in [1.29, 1.82) is 0 Å². The third kappa shape index (κ3) is 4.92. The van der Waals surface area contributed by atoms with Crippen LogP contribution in [0.3, 0.4) is 0 Å². The van der Waals surface area contributed by atoms with Gasteiger partial charge in [-0.1, -0.05) is 29.5 Å². The summed E-state index contributed by atoms with van der Waals surface area (Å²) in [6, 6.07) is 10.2. The molecular weight excluding hydrogens is 427 g/mol. The van der Waals surface area contributed by atoms with Gasteiger partial charge in [0.1, 0.15) is 0 Å². The highest BCUT2D eigenvalue weighted by Crippen LogP contribution is 2.31. The number of benzene rings is 2. The minimum absolute atomic E-state index is 0.238. The third-order valence-corrected chi connectivity index (χ3v) is 5.75. The van der Waals surface area contributed by atoms with Crippen LogP contribution in [0.5, 0.6) is 0 Å². The van der Waals surface area contributed by atoms with Crippen molar-refractivity contribution in [3.8, 4) is 10.4 Å². The molecule has 0 aliphatic carbocycles. The summed E-state index contributed by atoms with van der Waals surface area (Å²) in [7, 11) is 0. The Morgan fingerprint density at radius 1 is 1.13 bits per heavy atom. The lowest BCUT2D eigenvalue weighted by atomic mass is 10.0. The predicted molar refractivity (Wildman–Crippen MR) is 115 cm³/mol. The van der Waals surface area contributed by atoms with E-state index in [1.807, 2.05) is 12.1 Å². The summed E-state index contributed by atoms with van der Waals surface area (Å²) in [5, 5.41) is 11.4. The molecule has 160 valence electrons. The lowest BCUT2D eigenvalue weighted by Gasteiger charge is -2.13. The van der Waals surface area contributed by atoms with Gasteiger partial charge >= 0.3 is 6.18 Å². The van der Waals surface area contributed by atoms with Crippen molar-refractivity contribution < 1.29 is 13.2 Å². The molecule has 2 heterocycles. The van der Waals surface area contributed by atoms with Crippen molar-refractivity contribution in [3.05, 3.63) is 76.3 Å². The van der Waals surface area contributed by atoms with Gasteiger partial charge in [-0.2, -0.15) is 18.3 Å². The number of alkyl halides is 3. The van der Waals surface area contributed by atoms with Crippen molar-refractivity contribution in [2.75, 3.05) is 11.9 Å². The number of nitrogens with one attached hydrogen (secondary N) is 2. The lowest BCUT2D eigenvalue weighted by molar-refractivity contribution is -0.137. The number of aromatic amines is 1. The van der Waals surface area contributed by atoms with E-state index < -0.39 is 11.7 Å². The Morgan fingerprint density at radius 2 is 1.90 bits per heavy atom. The van der Waals surface area contributed by atoms with Crippen LogP contribution in [0.25, 0.3) is 21.2 Å². The molecule has 4 rings (SSSR count). The van der Waals surface area contributed by atoms with E-state index in [0.717, 1.165) is 33.5 Å². The number of halogens is 3. The van der Waals surface area contributed by atoms with Gasteiger partial charge in [0.15, 0.2) is 5.13 Å². The van der Waals surface area contributed by atoms with E-state index in [-0.39, 0.29) is 11.6 Å². The zero-order valence-electron chi connectivity index (χ0n) is 16.1. The maximum Gasteiger partial charge on any atom is 0.416 e. The zero-order chi connectivity index (χ0) is 22.0. The Kier molecular flexibility index (Phi) is 5.75. The number of thiazole rings is 1. The minimum Gasteiger partial charge on any atom is -0.360 e. The van der Waals surface area contributed by atoms with Crippen molar-refractivity contribution in [2.45, 2.75) is 18.6 Å². The predicted octanol–water partition coefficient (Wildman–Crippen LogP) is 4.05. The Balaban J connectivity index is 1.37. The van der Waals surface area contributed by atoms with E-state index in [2.05, 4.69) is 20.5 Å². The normalized spacial score (nSPS) is 12.8. The minimum atomic E-state index is -4.35. The molecule has 4 N–H and O–H groups in total. The first-order valence-electron chi connectivity index (χ1n) is 9.39. The van der Waals surface area contributed by atoms with E-state index in [4.69, 9.17) is 5.73 Å². The van der Waals surface area contributed by atoms with Crippen LogP contribution in [0.1, 0.15) is 11.1 Å². The van der Waals surface area contributed by atoms with Crippen molar-refractivity contribution in [3.63, 3.8) is 0 Å². The molecule has 0 amide bonds. The van der Waals surface area contributed by atoms with Gasteiger partial charge in [-0.3, -0.25) is 4.79 Å². The van der Waals surface area contributed by atoms with Crippen molar-refractivity contribution in [2.24, 2.45) is 5.73 Å². The summed E-state index contributed by atoms with van der Waals surface area (Å²) in [6.45, 7) is 0.422. The quantitative estimate of drug-likeness (QED) is 0.416. The standard InChI is InChI=1S/C21H18F3N5OS/c22-21(23,24)15-4-1-12(2-5-15)7-16(25)10-26-20-27-11-18(31-20)13-3-6-17-14(8-13)9-28-29-19(17)30/h1-6,8-9,11,16H,7,10,25H2,(H,26,27)(H,29,30)/t16-/m0/s1. The van der Waals surface area contributed by atoms with E-state index >= 15 is 0 Å². The van der Waals surface area contributed by atoms with Crippen LogP contribution < -0.4 is 16.6 Å². The number of rotatable bonds is 6. The van der Waals surface area contributed by atoms with E-state index in [1.54, 1.807) is 18.5 Å². The second-order valence-corrected chi connectivity index (χ2v) is 8.10. The summed E-state index contributed by atoms with van der Waals surface area (Å²) in [5.74, 6) is 0. The van der Waals surface area contributed by atoms with Gasteiger partial charge in [0.2, 0.25) is 0 Å². The SMILES string of the molecule is N[C@H](CNc1ncc(-c2ccc3c(=O)[nH]ncc3c2)s1)Cc1ccc(C(F)(F)F)cc1. The molecule has 0 saturated carbocycles. The average molecular weight is 445 g/mol. The lowest BCUT2D eigenvalue weighted by Crippen LogP contribution is -2.31. The number of hydrogen-bond acceptors (Lipinski definition) is 6. The molecule has 0 unspecified atom stereocenters. The van der Waals surface area contributed by atoms with E-state index in [0.29, 0.717) is 23.5 Å². The summed E-state index contributed by atoms with van der Waals surface area (Å²) in [4.78, 5) is 17.0. The number of H-pyrrole nitrogens is 1. The molecule has 31 heavy (non-hydrogen) atoms. The molecule has 6 nitrogen and oxygen atoms in total. The third-order valence-electron chi connectivity index (χ3n) is 4.75. The molecule has 0 fully saturated rings. The molecule has 1 atom stereocenters. The molecule has 0 spiro atoms. The van der Waals surface area contributed by atoms with E-state index in [9.17, 15) is 18.0 Å². The van der Waals surface area contributed by atoms with Crippen LogP contribution in [0.4, 0.5) is 18.3 Å². The Morgan fingerprint density at radius 3 is 2.65 bits per heavy atom. The second kappa shape index (κ2) is 8.48. The molecule has 0 saturated heterocycles. The van der Waals surface area contributed by atoms with Crippen LogP contribution in [-0.2, 0) is 12.6 Å². The summed E-state index contributed by atoms with van der Waals surface area (Å²) in [6.07, 6.45) is -0.575. The first-order valence-corrected chi connectivity index (χ1v) is 10.2. The second-order valence-electron chi connectivity index (χ2n) is 7.07. The number of hydrogen-bond donors (Lipinski definition) is 3. The van der Waals surface area contributed by atoms with Gasteiger partial charge in [-0.05, 0) is 41.8 Å². The fourth-order valence-corrected chi connectivity index (χ4v) is 3.98. The number of anilines is 1. The molecule has 2 aromatic carbocycles. The van der Waals surface area contributed by atoms with Crippen LogP contribution in [0.15, 0.2) is 59.7 Å². The van der Waals surface area contributed by atoms with Gasteiger partial charge in [-0.25, -0.2) is 10.1 Å². The zero-order valence-corrected chi connectivity index (χ0v) is 16.9. The summed E-state index contributed by atoms with van der Waals surface area (Å²) >= 11 is 1.44. The number of aromatic nitrogens is 3. The van der Waals surface area contributed by atoms with Crippen LogP contribution >= 0.6 is 11.3 Å². The van der Waals surface area contributed by atoms with E-state index in [1.165, 1.54) is 23.5 Å². The highest BCUT2D eigenvalue weighted by atomic mass is 32.1. The Bertz CT molecular complexity index is 1250. The highest BCUT2D eigenvalue weighted by molar-refractivity contribution is 7.18. The maximum absolute atomic E-state index is 12.7. The van der Waals surface area contributed by atoms with Crippen molar-refractivity contribution in [1.82, 2.24) is 15.2 Å². The fraction of sp³-hybridized carbons (Fsp3) is 0.190. The Labute approximate surface area is 179 Å². The van der Waals surface area contributed by atoms with Crippen molar-refractivity contribution >= 4 is 27.2 Å². The maximum atomic E-state index is 12.7. The first-order chi connectivity index (χ1) is 14.8. The van der Waals surface area contributed by atoms with Gasteiger partial charge in [0.05, 0.1) is 22.0 Å². The van der Waals surface area contributed by atoms with Gasteiger partial charge in [0.25, 0.3) is 5.56 Å². The largest absolute Gasteiger partial charge is 0.416 e. The monoisotopic (exact) mass is 445 g/mol. The number of nitrogens with zero attached hydrogens (tertiary/aromatic N) is 2. The van der Waals surface area contributed by atoms with Crippen LogP contribution in [0, 0.1) is 0 Å². The molecule has 0 radical (unpaired) electrons.